The van der Waals surface area contributed by atoms with Crippen LogP contribution in [0.25, 0.3) is 0 Å². The number of halogens is 2. The lowest BCUT2D eigenvalue weighted by molar-refractivity contribution is -0.385. The van der Waals surface area contributed by atoms with E-state index in [4.69, 9.17) is 5.73 Å². The second-order valence-corrected chi connectivity index (χ2v) is 2.87. The Morgan fingerprint density at radius 1 is 1.65 bits per heavy atom. The second-order valence-electron chi connectivity index (χ2n) is 2.87. The van der Waals surface area contributed by atoms with Crippen molar-refractivity contribution in [3.8, 4) is 5.88 Å². The van der Waals surface area contributed by atoms with Crippen LogP contribution in [0.15, 0.2) is 12.3 Å². The molecule has 0 bridgehead atoms. The summed E-state index contributed by atoms with van der Waals surface area (Å²) in [6.45, 7) is -0.981. The minimum Gasteiger partial charge on any atom is -0.471 e. The molecule has 0 aliphatic heterocycles. The molecule has 2 N–H and O–H groups in total. The van der Waals surface area contributed by atoms with Gasteiger partial charge in [0, 0.05) is 6.07 Å². The number of aromatic nitrogens is 1. The molecule has 0 fully saturated rings. The number of nitrogens with two attached hydrogens (primary N) is 1. The Morgan fingerprint density at radius 3 is 2.76 bits per heavy atom. The van der Waals surface area contributed by atoms with E-state index in [1.54, 1.807) is 0 Å². The van der Waals surface area contributed by atoms with Crippen molar-refractivity contribution < 1.29 is 23.2 Å². The van der Waals surface area contributed by atoms with Gasteiger partial charge in [-0.15, -0.1) is 0 Å². The Morgan fingerprint density at radius 2 is 2.29 bits per heavy atom. The molecular weight excluding hydrogens is 240 g/mol. The van der Waals surface area contributed by atoms with Crippen LogP contribution in [0.2, 0.25) is 0 Å². The zero-order chi connectivity index (χ0) is 13.0. The fraction of sp³-hybridized carbons (Fsp3) is 0.250. The number of hydrogen-bond acceptors (Lipinski definition) is 5. The second kappa shape index (κ2) is 5.14. The lowest BCUT2D eigenvalue weighted by Crippen LogP contribution is -2.16. The van der Waals surface area contributed by atoms with Crippen LogP contribution in [-0.4, -0.2) is 28.8 Å². The smallest absolute Gasteiger partial charge is 0.288 e. The van der Waals surface area contributed by atoms with Crippen molar-refractivity contribution in [3.63, 3.8) is 0 Å². The molecule has 1 aromatic rings. The number of amides is 1. The zero-order valence-electron chi connectivity index (χ0n) is 8.30. The normalized spacial score (nSPS) is 10.3. The summed E-state index contributed by atoms with van der Waals surface area (Å²) in [5, 5.41) is 10.4. The Kier molecular flexibility index (Phi) is 3.86. The number of alkyl halides is 2. The number of rotatable bonds is 5. The molecule has 17 heavy (non-hydrogen) atoms. The maximum atomic E-state index is 11.9. The Bertz CT molecular complexity index is 452. The van der Waals surface area contributed by atoms with E-state index in [1.165, 1.54) is 0 Å². The van der Waals surface area contributed by atoms with Gasteiger partial charge in [-0.1, -0.05) is 0 Å². The van der Waals surface area contributed by atoms with Crippen LogP contribution in [0.4, 0.5) is 14.5 Å². The average molecular weight is 247 g/mol. The molecule has 0 radical (unpaired) electrons. The van der Waals surface area contributed by atoms with Crippen molar-refractivity contribution in [2.45, 2.75) is 6.43 Å². The van der Waals surface area contributed by atoms with Gasteiger partial charge in [0.05, 0.1) is 4.92 Å². The molecule has 7 nitrogen and oxygen atoms in total. The summed E-state index contributed by atoms with van der Waals surface area (Å²) >= 11 is 0. The van der Waals surface area contributed by atoms with Gasteiger partial charge in [0.25, 0.3) is 18.0 Å². The molecule has 9 heteroatoms. The molecule has 0 aliphatic rings. The van der Waals surface area contributed by atoms with Gasteiger partial charge in [-0.2, -0.15) is 0 Å². The number of ether oxygens (including phenoxy) is 1. The van der Waals surface area contributed by atoms with Gasteiger partial charge in [-0.3, -0.25) is 14.9 Å². The summed E-state index contributed by atoms with van der Waals surface area (Å²) in [6.07, 6.45) is -1.97. The highest BCUT2D eigenvalue weighted by molar-refractivity contribution is 5.95. The van der Waals surface area contributed by atoms with Gasteiger partial charge in [-0.25, -0.2) is 13.8 Å². The molecule has 1 amide bonds. The number of pyridine rings is 1. The minimum absolute atomic E-state index is 0.417. The maximum absolute atomic E-state index is 11.9. The van der Waals surface area contributed by atoms with E-state index in [0.29, 0.717) is 0 Å². The zero-order valence-corrected chi connectivity index (χ0v) is 8.30. The molecule has 0 atom stereocenters. The van der Waals surface area contributed by atoms with E-state index in [2.05, 4.69) is 9.72 Å². The number of hydrogen-bond donors (Lipinski definition) is 1. The van der Waals surface area contributed by atoms with Crippen molar-refractivity contribution in [3.05, 3.63) is 27.9 Å². The van der Waals surface area contributed by atoms with Crippen LogP contribution in [-0.2, 0) is 0 Å². The Labute approximate surface area is 93.3 Å². The number of carbonyl (C=O) groups is 1. The lowest BCUT2D eigenvalue weighted by atomic mass is 10.2. The van der Waals surface area contributed by atoms with Gasteiger partial charge >= 0.3 is 0 Å². The summed E-state index contributed by atoms with van der Waals surface area (Å²) in [5.41, 5.74) is 4.02. The fourth-order valence-corrected chi connectivity index (χ4v) is 0.975. The average Bonchev–Trinajstić information content (AvgIpc) is 2.25. The van der Waals surface area contributed by atoms with Crippen LogP contribution in [0.1, 0.15) is 10.4 Å². The molecule has 0 aromatic carbocycles. The first kappa shape index (κ1) is 12.7. The molecular formula is C8H7F2N3O4. The van der Waals surface area contributed by atoms with E-state index in [-0.39, 0.29) is 0 Å². The van der Waals surface area contributed by atoms with Gasteiger partial charge in [-0.05, 0) is 0 Å². The van der Waals surface area contributed by atoms with Crippen molar-refractivity contribution in [2.24, 2.45) is 5.73 Å². The number of carbonyl (C=O) groups excluding carboxylic acids is 1. The first-order valence-corrected chi connectivity index (χ1v) is 4.27. The van der Waals surface area contributed by atoms with E-state index in [9.17, 15) is 23.7 Å². The van der Waals surface area contributed by atoms with E-state index in [1.807, 2.05) is 0 Å². The molecule has 0 unspecified atom stereocenters. The Balaban J connectivity index is 3.04. The first-order valence-electron chi connectivity index (χ1n) is 4.27. The van der Waals surface area contributed by atoms with Crippen LogP contribution in [0, 0.1) is 10.1 Å². The van der Waals surface area contributed by atoms with E-state index >= 15 is 0 Å². The number of nitrogens with zero attached hydrogens (tertiary/aromatic N) is 2. The van der Waals surface area contributed by atoms with Crippen molar-refractivity contribution in [1.82, 2.24) is 4.98 Å². The summed E-state index contributed by atoms with van der Waals surface area (Å²) < 4.78 is 28.3. The topological polar surface area (TPSA) is 108 Å². The quantitative estimate of drug-likeness (QED) is 0.609. The third-order valence-corrected chi connectivity index (χ3v) is 1.66. The molecule has 1 heterocycles. The Hall–Kier alpha value is -2.32. The molecule has 0 spiro atoms. The van der Waals surface area contributed by atoms with Crippen LogP contribution in [0.5, 0.6) is 5.88 Å². The molecule has 1 rings (SSSR count). The van der Waals surface area contributed by atoms with Gasteiger partial charge in [0.2, 0.25) is 5.88 Å². The highest BCUT2D eigenvalue weighted by Gasteiger charge is 2.18. The third kappa shape index (κ3) is 3.33. The maximum Gasteiger partial charge on any atom is 0.288 e. The van der Waals surface area contributed by atoms with Gasteiger partial charge in [0.1, 0.15) is 11.8 Å². The van der Waals surface area contributed by atoms with Crippen LogP contribution in [0.3, 0.4) is 0 Å². The monoisotopic (exact) mass is 247 g/mol. The van der Waals surface area contributed by atoms with E-state index < -0.39 is 41.0 Å². The number of primary amides is 1. The standard InChI is InChI=1S/C8H7F2N3O4/c9-6(10)3-17-8-5(7(11)14)1-4(2-12-8)13(15)16/h1-2,6H,3H2,(H2,11,14). The summed E-state index contributed by atoms with van der Waals surface area (Å²) in [4.78, 5) is 23.9. The highest BCUT2D eigenvalue weighted by Crippen LogP contribution is 2.20. The van der Waals surface area contributed by atoms with Crippen LogP contribution >= 0.6 is 0 Å². The summed E-state index contributed by atoms with van der Waals surface area (Å²) in [5.74, 6) is -1.51. The largest absolute Gasteiger partial charge is 0.471 e. The van der Waals surface area contributed by atoms with Crippen molar-refractivity contribution in [2.75, 3.05) is 6.61 Å². The first-order chi connectivity index (χ1) is 7.91. The fourth-order valence-electron chi connectivity index (χ4n) is 0.975. The predicted octanol–water partition coefficient (Wildman–Crippen LogP) is 0.733. The van der Waals surface area contributed by atoms with Gasteiger partial charge < -0.3 is 10.5 Å². The third-order valence-electron chi connectivity index (χ3n) is 1.66. The SMILES string of the molecule is NC(=O)c1cc([N+](=O)[O-])cnc1OCC(F)F. The van der Waals surface area contributed by atoms with Crippen molar-refractivity contribution in [1.29, 1.82) is 0 Å². The van der Waals surface area contributed by atoms with Crippen molar-refractivity contribution >= 4 is 11.6 Å². The highest BCUT2D eigenvalue weighted by atomic mass is 19.3. The summed E-state index contributed by atoms with van der Waals surface area (Å²) in [7, 11) is 0. The molecule has 92 valence electrons. The summed E-state index contributed by atoms with van der Waals surface area (Å²) in [6, 6.07) is 0.816. The van der Waals surface area contributed by atoms with E-state index in [0.717, 1.165) is 12.3 Å². The molecule has 1 aromatic heterocycles. The van der Waals surface area contributed by atoms with Crippen LogP contribution < -0.4 is 10.5 Å². The molecule has 0 saturated carbocycles. The predicted molar refractivity (Wildman–Crippen MR) is 50.9 cm³/mol. The molecule has 0 aliphatic carbocycles. The lowest BCUT2D eigenvalue weighted by Gasteiger charge is -2.07. The minimum atomic E-state index is -2.76. The van der Waals surface area contributed by atoms with Gasteiger partial charge in [0.15, 0.2) is 6.61 Å². The molecule has 0 saturated heterocycles. The number of nitro groups is 1.